The fraction of sp³-hybridized carbons (Fsp3) is 0.125. The Hall–Kier alpha value is -3.78. The fourth-order valence-corrected chi connectivity index (χ4v) is 4.68. The standard InChI is InChI=1S/C24H18FN3O3S/c1-2-31-24(30)15-7-11-17(12-8-15)28-22(14-5-9-16(25)10-6-14)19-20(18-4-3-13-32-18)26-27-21(19)23(28)29/h3-13,22H,2H2,1H3,(H,26,27). The van der Waals surface area contributed by atoms with Crippen molar-refractivity contribution in [1.82, 2.24) is 10.2 Å². The normalized spacial score (nSPS) is 15.1. The Bertz CT molecular complexity index is 1280. The number of benzene rings is 2. The number of hydrogen-bond acceptors (Lipinski definition) is 5. The number of aromatic amines is 1. The predicted molar refractivity (Wildman–Crippen MR) is 119 cm³/mol. The van der Waals surface area contributed by atoms with Crippen LogP contribution in [-0.4, -0.2) is 28.7 Å². The summed E-state index contributed by atoms with van der Waals surface area (Å²) in [4.78, 5) is 28.0. The third-order valence-corrected chi connectivity index (χ3v) is 6.25. The number of halogens is 1. The molecule has 0 spiro atoms. The van der Waals surface area contributed by atoms with Gasteiger partial charge in [-0.25, -0.2) is 9.18 Å². The van der Waals surface area contributed by atoms with E-state index in [1.807, 2.05) is 17.5 Å². The summed E-state index contributed by atoms with van der Waals surface area (Å²) in [6.45, 7) is 2.03. The maximum atomic E-state index is 13.7. The number of nitrogens with one attached hydrogen (secondary N) is 1. The molecule has 1 aliphatic rings. The van der Waals surface area contributed by atoms with Crippen molar-refractivity contribution < 1.29 is 18.7 Å². The maximum absolute atomic E-state index is 13.7. The van der Waals surface area contributed by atoms with Crippen LogP contribution < -0.4 is 4.90 Å². The number of carbonyl (C=O) groups is 2. The van der Waals surface area contributed by atoms with Gasteiger partial charge >= 0.3 is 5.97 Å². The molecule has 160 valence electrons. The van der Waals surface area contributed by atoms with Gasteiger partial charge in [-0.15, -0.1) is 11.3 Å². The zero-order chi connectivity index (χ0) is 22.2. The average Bonchev–Trinajstić information content (AvgIpc) is 3.53. The first-order valence-electron chi connectivity index (χ1n) is 10.1. The largest absolute Gasteiger partial charge is 0.462 e. The summed E-state index contributed by atoms with van der Waals surface area (Å²) in [6, 6.07) is 16.2. The lowest BCUT2D eigenvalue weighted by Crippen LogP contribution is -2.29. The molecule has 2 aromatic heterocycles. The first-order valence-corrected chi connectivity index (χ1v) is 10.9. The van der Waals surface area contributed by atoms with Crippen molar-refractivity contribution in [2.45, 2.75) is 13.0 Å². The molecule has 4 aromatic rings. The van der Waals surface area contributed by atoms with Crippen molar-refractivity contribution in [2.75, 3.05) is 11.5 Å². The van der Waals surface area contributed by atoms with Gasteiger partial charge in [0.25, 0.3) is 5.91 Å². The second-order valence-electron chi connectivity index (χ2n) is 7.23. The number of aromatic nitrogens is 2. The van der Waals surface area contributed by atoms with E-state index in [1.165, 1.54) is 12.1 Å². The smallest absolute Gasteiger partial charge is 0.338 e. The van der Waals surface area contributed by atoms with Crippen LogP contribution in [0.15, 0.2) is 66.0 Å². The summed E-state index contributed by atoms with van der Waals surface area (Å²) in [5, 5.41) is 9.28. The first kappa shape index (κ1) is 20.1. The summed E-state index contributed by atoms with van der Waals surface area (Å²) in [7, 11) is 0. The van der Waals surface area contributed by atoms with Crippen molar-refractivity contribution in [3.05, 3.63) is 94.2 Å². The molecule has 0 fully saturated rings. The summed E-state index contributed by atoms with van der Waals surface area (Å²) in [6.07, 6.45) is 0. The molecule has 8 heteroatoms. The molecule has 5 rings (SSSR count). The van der Waals surface area contributed by atoms with E-state index in [4.69, 9.17) is 4.74 Å². The third-order valence-electron chi connectivity index (χ3n) is 5.37. The molecule has 3 heterocycles. The number of esters is 1. The van der Waals surface area contributed by atoms with Crippen molar-refractivity contribution in [1.29, 1.82) is 0 Å². The van der Waals surface area contributed by atoms with Gasteiger partial charge in [-0.3, -0.25) is 14.8 Å². The van der Waals surface area contributed by atoms with Crippen LogP contribution in [-0.2, 0) is 4.74 Å². The molecular weight excluding hydrogens is 429 g/mol. The quantitative estimate of drug-likeness (QED) is 0.427. The van der Waals surface area contributed by atoms with E-state index in [0.29, 0.717) is 16.9 Å². The lowest BCUT2D eigenvalue weighted by molar-refractivity contribution is 0.0526. The molecule has 1 atom stereocenters. The van der Waals surface area contributed by atoms with Gasteiger partial charge in [-0.2, -0.15) is 5.10 Å². The highest BCUT2D eigenvalue weighted by atomic mass is 32.1. The first-order chi connectivity index (χ1) is 15.6. The van der Waals surface area contributed by atoms with E-state index in [-0.39, 0.29) is 18.3 Å². The Morgan fingerprint density at radius 3 is 2.56 bits per heavy atom. The zero-order valence-corrected chi connectivity index (χ0v) is 17.9. The Morgan fingerprint density at radius 2 is 1.91 bits per heavy atom. The molecule has 1 N–H and O–H groups in total. The van der Waals surface area contributed by atoms with Gasteiger partial charge in [-0.05, 0) is 60.3 Å². The monoisotopic (exact) mass is 447 g/mol. The molecule has 0 saturated heterocycles. The van der Waals surface area contributed by atoms with Gasteiger partial charge in [0.1, 0.15) is 5.82 Å². The van der Waals surface area contributed by atoms with Crippen molar-refractivity contribution >= 4 is 28.9 Å². The van der Waals surface area contributed by atoms with Crippen LogP contribution in [0.4, 0.5) is 10.1 Å². The van der Waals surface area contributed by atoms with Gasteiger partial charge in [-0.1, -0.05) is 18.2 Å². The van der Waals surface area contributed by atoms with Crippen LogP contribution in [0.5, 0.6) is 0 Å². The van der Waals surface area contributed by atoms with Crippen LogP contribution >= 0.6 is 11.3 Å². The highest BCUT2D eigenvalue weighted by molar-refractivity contribution is 7.13. The molecule has 0 radical (unpaired) electrons. The van der Waals surface area contributed by atoms with E-state index in [0.717, 1.165) is 21.7 Å². The van der Waals surface area contributed by atoms with Crippen molar-refractivity contribution in [3.63, 3.8) is 0 Å². The fourth-order valence-electron chi connectivity index (χ4n) is 3.95. The minimum absolute atomic E-state index is 0.266. The number of thiophene rings is 1. The number of rotatable bonds is 5. The molecule has 0 aliphatic carbocycles. The minimum atomic E-state index is -0.498. The second-order valence-corrected chi connectivity index (χ2v) is 8.18. The van der Waals surface area contributed by atoms with Gasteiger partial charge in [0.05, 0.1) is 28.8 Å². The molecule has 32 heavy (non-hydrogen) atoms. The summed E-state index contributed by atoms with van der Waals surface area (Å²) in [5.74, 6) is -1.04. The van der Waals surface area contributed by atoms with E-state index < -0.39 is 12.0 Å². The summed E-state index contributed by atoms with van der Waals surface area (Å²) >= 11 is 1.54. The Kier molecular flexibility index (Phi) is 5.07. The number of hydrogen-bond donors (Lipinski definition) is 1. The molecule has 1 amide bonds. The molecule has 2 aromatic carbocycles. The van der Waals surface area contributed by atoms with E-state index in [9.17, 15) is 14.0 Å². The Morgan fingerprint density at radius 1 is 1.16 bits per heavy atom. The van der Waals surface area contributed by atoms with Crippen LogP contribution in [0.3, 0.4) is 0 Å². The van der Waals surface area contributed by atoms with E-state index >= 15 is 0 Å². The van der Waals surface area contributed by atoms with Crippen molar-refractivity contribution in [2.24, 2.45) is 0 Å². The predicted octanol–water partition coefficient (Wildman–Crippen LogP) is 5.20. The molecular formula is C24H18FN3O3S. The second kappa shape index (κ2) is 8.05. The summed E-state index contributed by atoms with van der Waals surface area (Å²) < 4.78 is 18.7. The summed E-state index contributed by atoms with van der Waals surface area (Å²) in [5.41, 5.74) is 3.61. The van der Waals surface area contributed by atoms with Crippen molar-refractivity contribution in [3.8, 4) is 10.6 Å². The Labute approximate surface area is 187 Å². The molecule has 6 nitrogen and oxygen atoms in total. The van der Waals surface area contributed by atoms with Gasteiger partial charge in [0, 0.05) is 11.3 Å². The number of nitrogens with zero attached hydrogens (tertiary/aromatic N) is 2. The number of fused-ring (bicyclic) bond motifs is 1. The van der Waals surface area contributed by atoms with Gasteiger partial charge in [0.2, 0.25) is 0 Å². The van der Waals surface area contributed by atoms with Gasteiger partial charge in [0.15, 0.2) is 5.69 Å². The van der Waals surface area contributed by atoms with Crippen LogP contribution in [0.2, 0.25) is 0 Å². The van der Waals surface area contributed by atoms with Gasteiger partial charge < -0.3 is 4.74 Å². The highest BCUT2D eigenvalue weighted by Crippen LogP contribution is 2.45. The number of anilines is 1. The molecule has 1 unspecified atom stereocenters. The number of carbonyl (C=O) groups excluding carboxylic acids is 2. The lowest BCUT2D eigenvalue weighted by atomic mass is 9.98. The van der Waals surface area contributed by atoms with E-state index in [2.05, 4.69) is 10.2 Å². The SMILES string of the molecule is CCOC(=O)c1ccc(N2C(=O)c3n[nH]c(-c4cccs4)c3C2c2ccc(F)cc2)cc1. The third kappa shape index (κ3) is 3.29. The Balaban J connectivity index is 1.62. The van der Waals surface area contributed by atoms with E-state index in [1.54, 1.807) is 59.6 Å². The molecule has 0 bridgehead atoms. The average molecular weight is 447 g/mol. The van der Waals surface area contributed by atoms with Crippen LogP contribution in [0, 0.1) is 5.82 Å². The van der Waals surface area contributed by atoms with Crippen LogP contribution in [0.25, 0.3) is 10.6 Å². The molecule has 1 aliphatic heterocycles. The van der Waals surface area contributed by atoms with Crippen LogP contribution in [0.1, 0.15) is 44.9 Å². The zero-order valence-electron chi connectivity index (χ0n) is 17.0. The highest BCUT2D eigenvalue weighted by Gasteiger charge is 2.43. The number of amides is 1. The number of ether oxygens (including phenoxy) is 1. The lowest BCUT2D eigenvalue weighted by Gasteiger charge is -2.26. The topological polar surface area (TPSA) is 75.3 Å². The number of H-pyrrole nitrogens is 1. The maximum Gasteiger partial charge on any atom is 0.338 e. The minimum Gasteiger partial charge on any atom is -0.462 e. The molecule has 0 saturated carbocycles.